The normalized spacial score (nSPS) is 11.9. The maximum atomic E-state index is 11.6. The summed E-state index contributed by atoms with van der Waals surface area (Å²) in [5.41, 5.74) is 0. The van der Waals surface area contributed by atoms with E-state index in [1.807, 2.05) is 0 Å². The number of nitrogens with one attached hydrogen (secondary N) is 1. The summed E-state index contributed by atoms with van der Waals surface area (Å²) in [6.07, 6.45) is 2.89. The van der Waals surface area contributed by atoms with E-state index in [1.165, 1.54) is 4.90 Å². The highest BCUT2D eigenvalue weighted by atomic mass is 16.5. The third-order valence-corrected chi connectivity index (χ3v) is 2.62. The van der Waals surface area contributed by atoms with Crippen LogP contribution in [0.4, 0.5) is 4.79 Å². The number of hydrogen-bond acceptors (Lipinski definition) is 3. The molecule has 0 aliphatic rings. The zero-order chi connectivity index (χ0) is 14.0. The molecule has 0 saturated heterocycles. The fourth-order valence-electron chi connectivity index (χ4n) is 1.45. The highest BCUT2D eigenvalue weighted by Gasteiger charge is 2.16. The lowest BCUT2D eigenvalue weighted by molar-refractivity contribution is -0.141. The van der Waals surface area contributed by atoms with Gasteiger partial charge in [-0.2, -0.15) is 0 Å². The van der Waals surface area contributed by atoms with Crippen LogP contribution in [0.5, 0.6) is 0 Å². The number of amides is 2. The monoisotopic (exact) mass is 260 g/mol. The Kier molecular flexibility index (Phi) is 9.00. The highest BCUT2D eigenvalue weighted by molar-refractivity contribution is 5.75. The molecule has 0 rings (SSSR count). The lowest BCUT2D eigenvalue weighted by atomic mass is 10.2. The molecule has 2 N–H and O–H groups in total. The Morgan fingerprint density at radius 1 is 1.33 bits per heavy atom. The van der Waals surface area contributed by atoms with Gasteiger partial charge in [0.25, 0.3) is 0 Å². The maximum absolute atomic E-state index is 11.6. The summed E-state index contributed by atoms with van der Waals surface area (Å²) in [5, 5.41) is 11.5. The molecule has 6 heteroatoms. The molecular weight excluding hydrogens is 236 g/mol. The van der Waals surface area contributed by atoms with Gasteiger partial charge in [0, 0.05) is 33.9 Å². The molecule has 0 fully saturated rings. The molecule has 6 nitrogen and oxygen atoms in total. The number of urea groups is 1. The molecule has 0 saturated carbocycles. The van der Waals surface area contributed by atoms with Crippen LogP contribution < -0.4 is 5.32 Å². The van der Waals surface area contributed by atoms with Crippen molar-refractivity contribution < 1.29 is 19.4 Å². The number of carboxylic acid groups (broad SMARTS) is 1. The summed E-state index contributed by atoms with van der Waals surface area (Å²) >= 11 is 0. The first-order valence-corrected chi connectivity index (χ1v) is 6.19. The Labute approximate surface area is 108 Å². The van der Waals surface area contributed by atoms with Crippen molar-refractivity contribution in [2.75, 3.05) is 33.9 Å². The van der Waals surface area contributed by atoms with Gasteiger partial charge in [-0.15, -0.1) is 0 Å². The standard InChI is InChI=1S/C12H24N2O4/c1-10(11(15)16)9-14(2)12(17)13-7-5-4-6-8-18-3/h10H,4-9H2,1-3H3,(H,13,17)(H,15,16). The van der Waals surface area contributed by atoms with Crippen molar-refractivity contribution in [3.8, 4) is 0 Å². The number of hydrogen-bond donors (Lipinski definition) is 2. The third-order valence-electron chi connectivity index (χ3n) is 2.62. The number of ether oxygens (including phenoxy) is 1. The number of nitrogens with zero attached hydrogens (tertiary/aromatic N) is 1. The summed E-state index contributed by atoms with van der Waals surface area (Å²) in [6.45, 7) is 3.14. The smallest absolute Gasteiger partial charge is 0.317 e. The van der Waals surface area contributed by atoms with Crippen molar-refractivity contribution in [2.45, 2.75) is 26.2 Å². The van der Waals surface area contributed by atoms with Crippen LogP contribution in [0.15, 0.2) is 0 Å². The predicted octanol–water partition coefficient (Wildman–Crippen LogP) is 1.17. The van der Waals surface area contributed by atoms with Crippen molar-refractivity contribution in [1.29, 1.82) is 0 Å². The number of carbonyl (C=O) groups is 2. The van der Waals surface area contributed by atoms with Crippen molar-refractivity contribution in [1.82, 2.24) is 10.2 Å². The van der Waals surface area contributed by atoms with E-state index in [0.29, 0.717) is 6.54 Å². The van der Waals surface area contributed by atoms with E-state index in [-0.39, 0.29) is 12.6 Å². The minimum atomic E-state index is -0.894. The van der Waals surface area contributed by atoms with E-state index >= 15 is 0 Å². The molecule has 18 heavy (non-hydrogen) atoms. The van der Waals surface area contributed by atoms with Crippen molar-refractivity contribution in [3.63, 3.8) is 0 Å². The van der Waals surface area contributed by atoms with E-state index in [9.17, 15) is 9.59 Å². The van der Waals surface area contributed by atoms with Gasteiger partial charge in [-0.1, -0.05) is 6.92 Å². The molecule has 2 amide bonds. The third kappa shape index (κ3) is 7.89. The average Bonchev–Trinajstić information content (AvgIpc) is 2.32. The Hall–Kier alpha value is -1.30. The zero-order valence-electron chi connectivity index (χ0n) is 11.4. The number of carboxylic acids is 1. The van der Waals surface area contributed by atoms with E-state index in [0.717, 1.165) is 25.9 Å². The molecule has 0 heterocycles. The van der Waals surface area contributed by atoms with Crippen molar-refractivity contribution in [2.24, 2.45) is 5.92 Å². The van der Waals surface area contributed by atoms with Crippen molar-refractivity contribution in [3.05, 3.63) is 0 Å². The van der Waals surface area contributed by atoms with Gasteiger partial charge in [-0.3, -0.25) is 4.79 Å². The summed E-state index contributed by atoms with van der Waals surface area (Å²) in [6, 6.07) is -0.227. The molecule has 1 unspecified atom stereocenters. The molecule has 0 aliphatic heterocycles. The number of methoxy groups -OCH3 is 1. The molecule has 0 aromatic carbocycles. The van der Waals surface area contributed by atoms with Gasteiger partial charge in [0.15, 0.2) is 0 Å². The van der Waals surface area contributed by atoms with E-state index in [1.54, 1.807) is 21.1 Å². The van der Waals surface area contributed by atoms with E-state index < -0.39 is 11.9 Å². The van der Waals surface area contributed by atoms with Gasteiger partial charge >= 0.3 is 12.0 Å². The quantitative estimate of drug-likeness (QED) is 0.610. The van der Waals surface area contributed by atoms with E-state index in [2.05, 4.69) is 5.32 Å². The van der Waals surface area contributed by atoms with Crippen molar-refractivity contribution >= 4 is 12.0 Å². The Balaban J connectivity index is 3.65. The second kappa shape index (κ2) is 9.70. The van der Waals surface area contributed by atoms with Gasteiger partial charge in [0.2, 0.25) is 0 Å². The summed E-state index contributed by atoms with van der Waals surface area (Å²) < 4.78 is 4.92. The molecule has 0 spiro atoms. The zero-order valence-corrected chi connectivity index (χ0v) is 11.4. The van der Waals surface area contributed by atoms with Crippen LogP contribution in [0, 0.1) is 5.92 Å². The van der Waals surface area contributed by atoms with Gasteiger partial charge in [-0.25, -0.2) is 4.79 Å². The molecule has 0 radical (unpaired) electrons. The molecule has 1 atom stereocenters. The molecule has 0 aromatic heterocycles. The first-order valence-electron chi connectivity index (χ1n) is 6.19. The van der Waals surface area contributed by atoms with Gasteiger partial charge in [0.1, 0.15) is 0 Å². The fourth-order valence-corrected chi connectivity index (χ4v) is 1.45. The van der Waals surface area contributed by atoms with Crippen LogP contribution in [-0.4, -0.2) is 55.9 Å². The number of unbranched alkanes of at least 4 members (excludes halogenated alkanes) is 2. The minimum absolute atomic E-state index is 0.213. The van der Waals surface area contributed by atoms with Crippen LogP contribution in [0.1, 0.15) is 26.2 Å². The summed E-state index contributed by atoms with van der Waals surface area (Å²) in [7, 11) is 3.26. The fraction of sp³-hybridized carbons (Fsp3) is 0.833. The van der Waals surface area contributed by atoms with Gasteiger partial charge in [-0.05, 0) is 19.3 Å². The minimum Gasteiger partial charge on any atom is -0.481 e. The van der Waals surface area contributed by atoms with Gasteiger partial charge in [0.05, 0.1) is 5.92 Å². The maximum Gasteiger partial charge on any atom is 0.317 e. The molecule has 0 aliphatic carbocycles. The predicted molar refractivity (Wildman–Crippen MR) is 68.6 cm³/mol. The van der Waals surface area contributed by atoms with E-state index in [4.69, 9.17) is 9.84 Å². The first-order chi connectivity index (χ1) is 8.49. The number of aliphatic carboxylic acids is 1. The van der Waals surface area contributed by atoms with Crippen LogP contribution in [0.3, 0.4) is 0 Å². The van der Waals surface area contributed by atoms with Crippen LogP contribution >= 0.6 is 0 Å². The second-order valence-corrected chi connectivity index (χ2v) is 4.41. The van der Waals surface area contributed by atoms with Gasteiger partial charge < -0.3 is 20.1 Å². The largest absolute Gasteiger partial charge is 0.481 e. The number of rotatable bonds is 9. The SMILES string of the molecule is COCCCCCNC(=O)N(C)CC(C)C(=O)O. The Morgan fingerprint density at radius 3 is 2.56 bits per heavy atom. The average molecular weight is 260 g/mol. The summed E-state index contributed by atoms with van der Waals surface area (Å²) in [5.74, 6) is -1.45. The topological polar surface area (TPSA) is 78.9 Å². The second-order valence-electron chi connectivity index (χ2n) is 4.41. The molecular formula is C12H24N2O4. The molecule has 106 valence electrons. The number of carbonyl (C=O) groups excluding carboxylic acids is 1. The Bertz CT molecular complexity index is 258. The van der Waals surface area contributed by atoms with Crippen LogP contribution in [-0.2, 0) is 9.53 Å². The summed E-state index contributed by atoms with van der Waals surface area (Å²) in [4.78, 5) is 23.6. The lowest BCUT2D eigenvalue weighted by Gasteiger charge is -2.19. The Morgan fingerprint density at radius 2 is 2.00 bits per heavy atom. The highest BCUT2D eigenvalue weighted by Crippen LogP contribution is 1.99. The lowest BCUT2D eigenvalue weighted by Crippen LogP contribution is -2.41. The molecule has 0 aromatic rings. The molecule has 0 bridgehead atoms. The van der Waals surface area contributed by atoms with Crippen LogP contribution in [0.2, 0.25) is 0 Å². The first kappa shape index (κ1) is 16.7. The van der Waals surface area contributed by atoms with Crippen LogP contribution in [0.25, 0.3) is 0 Å².